The summed E-state index contributed by atoms with van der Waals surface area (Å²) in [4.78, 5) is 10.6. The average molecular weight is 251 g/mol. The topological polar surface area (TPSA) is 142 Å². The molecule has 0 radical (unpaired) electrons. The molecule has 0 aromatic rings. The number of aliphatic carboxylic acids is 1. The Balaban J connectivity index is 2.73. The molecule has 1 aliphatic rings. The van der Waals surface area contributed by atoms with Crippen molar-refractivity contribution in [1.29, 1.82) is 0 Å². The van der Waals surface area contributed by atoms with Crippen LogP contribution in [0.15, 0.2) is 0 Å². The lowest BCUT2D eigenvalue weighted by atomic mass is 10.0. The molecule has 1 unspecified atom stereocenters. The molecule has 0 aromatic carbocycles. The van der Waals surface area contributed by atoms with Crippen molar-refractivity contribution in [1.82, 2.24) is 0 Å². The smallest absolute Gasteiger partial charge is 0.332 e. The fourth-order valence-corrected chi connectivity index (χ4v) is 1.59. The van der Waals surface area contributed by atoms with Crippen molar-refractivity contribution in [3.63, 3.8) is 0 Å². The van der Waals surface area contributed by atoms with Gasteiger partial charge in [-0.25, -0.2) is 4.79 Å². The van der Waals surface area contributed by atoms with Gasteiger partial charge in [-0.05, 0) is 6.92 Å². The summed E-state index contributed by atoms with van der Waals surface area (Å²) < 4.78 is 10.0. The van der Waals surface area contributed by atoms with Crippen LogP contribution in [0.25, 0.3) is 0 Å². The lowest BCUT2D eigenvalue weighted by molar-refractivity contribution is -0.163. The maximum absolute atomic E-state index is 10.6. The van der Waals surface area contributed by atoms with Gasteiger partial charge >= 0.3 is 5.97 Å². The molecule has 1 heterocycles. The van der Waals surface area contributed by atoms with Crippen LogP contribution in [-0.2, 0) is 14.3 Å². The largest absolute Gasteiger partial charge is 0.479 e. The highest BCUT2D eigenvalue weighted by Crippen LogP contribution is 2.24. The Hall–Kier alpha value is -0.770. The molecule has 0 aromatic heterocycles. The minimum atomic E-state index is -1.37. The molecule has 1 rings (SSSR count). The van der Waals surface area contributed by atoms with Crippen molar-refractivity contribution >= 4 is 5.97 Å². The summed E-state index contributed by atoms with van der Waals surface area (Å²) in [7, 11) is 0. The van der Waals surface area contributed by atoms with Crippen LogP contribution < -0.4 is 5.73 Å². The van der Waals surface area contributed by atoms with Crippen molar-refractivity contribution in [2.45, 2.75) is 43.7 Å². The van der Waals surface area contributed by atoms with E-state index in [1.54, 1.807) is 0 Å². The number of carbonyl (C=O) groups is 1. The molecule has 1 fully saturated rings. The number of ether oxygens (including phenoxy) is 2. The molecule has 0 aliphatic carbocycles. The molecule has 1 aliphatic heterocycles. The highest BCUT2D eigenvalue weighted by atomic mass is 16.7. The molecule has 17 heavy (non-hydrogen) atoms. The van der Waals surface area contributed by atoms with Gasteiger partial charge in [-0.2, -0.15) is 0 Å². The van der Waals surface area contributed by atoms with Crippen molar-refractivity contribution in [2.75, 3.05) is 6.61 Å². The summed E-state index contributed by atoms with van der Waals surface area (Å²) in [5.41, 5.74) is 5.57. The van der Waals surface area contributed by atoms with Gasteiger partial charge in [0.2, 0.25) is 0 Å². The number of carboxylic acid groups (broad SMARTS) is 1. The molecule has 1 saturated heterocycles. The van der Waals surface area contributed by atoms with E-state index in [0.29, 0.717) is 0 Å². The Morgan fingerprint density at radius 2 is 2.18 bits per heavy atom. The Kier molecular flexibility index (Phi) is 4.80. The SMILES string of the molecule is C[C@@H](O[C@H]1[C@@H]([C@H](O)CO)OC(O)[C@@H]1N)C(=O)O. The first-order valence-electron chi connectivity index (χ1n) is 5.14. The van der Waals surface area contributed by atoms with E-state index in [1.807, 2.05) is 0 Å². The maximum Gasteiger partial charge on any atom is 0.332 e. The van der Waals surface area contributed by atoms with Crippen LogP contribution in [0.4, 0.5) is 0 Å². The third-order valence-corrected chi connectivity index (χ3v) is 2.60. The number of aliphatic hydroxyl groups excluding tert-OH is 3. The predicted octanol–water partition coefficient (Wildman–Crippen LogP) is -2.76. The second-order valence-corrected chi connectivity index (χ2v) is 3.90. The Morgan fingerprint density at radius 3 is 2.65 bits per heavy atom. The maximum atomic E-state index is 10.6. The Bertz CT molecular complexity index is 274. The third kappa shape index (κ3) is 3.12. The summed E-state index contributed by atoms with van der Waals surface area (Å²) in [6.07, 6.45) is -5.89. The quantitative estimate of drug-likeness (QED) is 0.353. The normalized spacial score (nSPS) is 36.8. The van der Waals surface area contributed by atoms with E-state index < -0.39 is 49.3 Å². The van der Waals surface area contributed by atoms with E-state index in [0.717, 1.165) is 0 Å². The average Bonchev–Trinajstić information content (AvgIpc) is 2.56. The van der Waals surface area contributed by atoms with Crippen LogP contribution in [0, 0.1) is 0 Å². The summed E-state index contributed by atoms with van der Waals surface area (Å²) in [6, 6.07) is -0.983. The minimum Gasteiger partial charge on any atom is -0.479 e. The van der Waals surface area contributed by atoms with Crippen molar-refractivity contribution < 1.29 is 34.7 Å². The molecule has 6 atom stereocenters. The molecule has 6 N–H and O–H groups in total. The Labute approximate surface area is 97.6 Å². The van der Waals surface area contributed by atoms with E-state index in [1.165, 1.54) is 6.92 Å². The summed E-state index contributed by atoms with van der Waals surface area (Å²) in [5.74, 6) is -1.20. The van der Waals surface area contributed by atoms with E-state index in [-0.39, 0.29) is 0 Å². The van der Waals surface area contributed by atoms with Crippen LogP contribution in [0.5, 0.6) is 0 Å². The highest BCUT2D eigenvalue weighted by Gasteiger charge is 2.46. The van der Waals surface area contributed by atoms with Gasteiger partial charge in [0.25, 0.3) is 0 Å². The van der Waals surface area contributed by atoms with Gasteiger partial charge in [0.05, 0.1) is 12.6 Å². The van der Waals surface area contributed by atoms with Crippen molar-refractivity contribution in [2.24, 2.45) is 5.73 Å². The number of nitrogens with two attached hydrogens (primary N) is 1. The van der Waals surface area contributed by atoms with E-state index >= 15 is 0 Å². The fraction of sp³-hybridized carbons (Fsp3) is 0.889. The molecule has 100 valence electrons. The van der Waals surface area contributed by atoms with Gasteiger partial charge in [-0.1, -0.05) is 0 Å². The zero-order valence-corrected chi connectivity index (χ0v) is 9.26. The zero-order valence-electron chi connectivity index (χ0n) is 9.26. The second kappa shape index (κ2) is 5.71. The lowest BCUT2D eigenvalue weighted by Gasteiger charge is -2.25. The summed E-state index contributed by atoms with van der Waals surface area (Å²) in [6.45, 7) is 0.688. The lowest BCUT2D eigenvalue weighted by Crippen LogP contribution is -2.48. The minimum absolute atomic E-state index is 0.606. The molecule has 0 saturated carbocycles. The van der Waals surface area contributed by atoms with Gasteiger partial charge in [0.15, 0.2) is 12.4 Å². The van der Waals surface area contributed by atoms with E-state index in [2.05, 4.69) is 0 Å². The predicted molar refractivity (Wildman–Crippen MR) is 53.9 cm³/mol. The van der Waals surface area contributed by atoms with Crippen LogP contribution in [0.2, 0.25) is 0 Å². The first kappa shape index (κ1) is 14.3. The highest BCUT2D eigenvalue weighted by molar-refractivity contribution is 5.71. The number of hydrogen-bond acceptors (Lipinski definition) is 7. The molecule has 0 bridgehead atoms. The summed E-state index contributed by atoms with van der Waals surface area (Å²) in [5, 5.41) is 36.3. The first-order valence-corrected chi connectivity index (χ1v) is 5.14. The van der Waals surface area contributed by atoms with Gasteiger partial charge in [0.1, 0.15) is 18.3 Å². The summed E-state index contributed by atoms with van der Waals surface area (Å²) >= 11 is 0. The number of rotatable bonds is 5. The van der Waals surface area contributed by atoms with Crippen LogP contribution in [0.1, 0.15) is 6.92 Å². The monoisotopic (exact) mass is 251 g/mol. The van der Waals surface area contributed by atoms with Crippen LogP contribution >= 0.6 is 0 Å². The van der Waals surface area contributed by atoms with Crippen molar-refractivity contribution in [3.05, 3.63) is 0 Å². The third-order valence-electron chi connectivity index (χ3n) is 2.60. The fourth-order valence-electron chi connectivity index (χ4n) is 1.59. The number of hydrogen-bond donors (Lipinski definition) is 5. The molecular weight excluding hydrogens is 234 g/mol. The molecule has 8 heteroatoms. The first-order chi connectivity index (χ1) is 7.88. The Morgan fingerprint density at radius 1 is 1.59 bits per heavy atom. The molecular formula is C9H17NO7. The van der Waals surface area contributed by atoms with Gasteiger partial charge in [0, 0.05) is 0 Å². The van der Waals surface area contributed by atoms with Crippen LogP contribution in [0.3, 0.4) is 0 Å². The van der Waals surface area contributed by atoms with Gasteiger partial charge < -0.3 is 35.6 Å². The van der Waals surface area contributed by atoms with E-state index in [9.17, 15) is 15.0 Å². The van der Waals surface area contributed by atoms with Crippen molar-refractivity contribution in [3.8, 4) is 0 Å². The number of carboxylic acids is 1. The van der Waals surface area contributed by atoms with Gasteiger partial charge in [-0.3, -0.25) is 0 Å². The second-order valence-electron chi connectivity index (χ2n) is 3.90. The van der Waals surface area contributed by atoms with Crippen LogP contribution in [-0.4, -0.2) is 69.8 Å². The molecule has 8 nitrogen and oxygen atoms in total. The molecule has 0 amide bonds. The zero-order chi connectivity index (χ0) is 13.2. The number of aliphatic hydroxyl groups is 3. The van der Waals surface area contributed by atoms with Gasteiger partial charge in [-0.15, -0.1) is 0 Å². The van der Waals surface area contributed by atoms with E-state index in [4.69, 9.17) is 25.4 Å². The molecule has 0 spiro atoms. The standard InChI is InChI=1S/C9H17NO7/c1-3(8(13)14)16-7-5(10)9(15)17-6(7)4(12)2-11/h3-7,9,11-12,15H,2,10H2,1H3,(H,13,14)/t3-,4-,5-,6-,7-,9?/m1/s1.